The number of methoxy groups -OCH3 is 1. The number of rotatable bonds is 3. The van der Waals surface area contributed by atoms with Crippen molar-refractivity contribution in [3.8, 4) is 0 Å². The Morgan fingerprint density at radius 3 is 2.85 bits per heavy atom. The van der Waals surface area contributed by atoms with Crippen LogP contribution in [0.2, 0.25) is 0 Å². The maximum atomic E-state index is 12.3. The molecule has 1 heterocycles. The smallest absolute Gasteiger partial charge is 0.336 e. The Morgan fingerprint density at radius 1 is 1.50 bits per heavy atom. The second-order valence-electron chi connectivity index (χ2n) is 4.08. The largest absolute Gasteiger partial charge is 0.466 e. The number of carbonyl (C=O) groups excluding carboxylic acids is 1. The lowest BCUT2D eigenvalue weighted by atomic mass is 10.0. The Bertz CT molecular complexity index is 747. The maximum absolute atomic E-state index is 12.3. The summed E-state index contributed by atoms with van der Waals surface area (Å²) in [6.07, 6.45) is -0.348. The van der Waals surface area contributed by atoms with E-state index in [1.165, 1.54) is 7.11 Å². The third-order valence-electron chi connectivity index (χ3n) is 2.83. The first-order valence-electron chi connectivity index (χ1n) is 5.62. The molecule has 0 aliphatic carbocycles. The molecule has 0 radical (unpaired) electrons. The van der Waals surface area contributed by atoms with E-state index in [1.807, 2.05) is 0 Å². The third-order valence-corrected chi connectivity index (χ3v) is 3.33. The summed E-state index contributed by atoms with van der Waals surface area (Å²) in [5.74, 6) is -0.786. The van der Waals surface area contributed by atoms with Crippen LogP contribution in [0, 0.1) is 0 Å². The fourth-order valence-corrected chi connectivity index (χ4v) is 2.10. The van der Waals surface area contributed by atoms with Crippen molar-refractivity contribution in [2.24, 2.45) is 0 Å². The highest BCUT2D eigenvalue weighted by Crippen LogP contribution is 2.23. The molecule has 0 saturated heterocycles. The summed E-state index contributed by atoms with van der Waals surface area (Å²) in [5.41, 5.74) is -0.330. The Kier molecular flexibility index (Phi) is 4.06. The number of fused-ring (bicyclic) bond motifs is 1. The van der Waals surface area contributed by atoms with Gasteiger partial charge in [0, 0.05) is 4.47 Å². The molecular formula is C14H11BrO5. The Balaban J connectivity index is 2.56. The molecule has 0 aliphatic rings. The molecule has 5 nitrogen and oxygen atoms in total. The van der Waals surface area contributed by atoms with E-state index in [-0.39, 0.29) is 11.1 Å². The summed E-state index contributed by atoms with van der Waals surface area (Å²) in [6.45, 7) is 3.43. The molecule has 2 aromatic rings. The predicted molar refractivity (Wildman–Crippen MR) is 76.3 cm³/mol. The zero-order chi connectivity index (χ0) is 14.9. The summed E-state index contributed by atoms with van der Waals surface area (Å²) >= 11 is 3.26. The van der Waals surface area contributed by atoms with Gasteiger partial charge in [0.2, 0.25) is 0 Å². The van der Waals surface area contributed by atoms with Crippen LogP contribution in [-0.4, -0.2) is 18.2 Å². The van der Waals surface area contributed by atoms with Crippen LogP contribution in [0.4, 0.5) is 0 Å². The molecule has 0 aliphatic heterocycles. The molecule has 0 spiro atoms. The number of hydrogen-bond acceptors (Lipinski definition) is 5. The molecule has 2 rings (SSSR count). The van der Waals surface area contributed by atoms with Gasteiger partial charge in [-0.2, -0.15) is 0 Å². The Hall–Kier alpha value is -1.92. The average molecular weight is 339 g/mol. The topological polar surface area (TPSA) is 76.7 Å². The highest BCUT2D eigenvalue weighted by atomic mass is 79.9. The SMILES string of the molecule is C=C(C(=O)OC)C(O)c1coc2ccc(Br)cc2c1=O. The lowest BCUT2D eigenvalue weighted by molar-refractivity contribution is -0.137. The first-order valence-corrected chi connectivity index (χ1v) is 6.41. The van der Waals surface area contributed by atoms with Gasteiger partial charge in [-0.3, -0.25) is 4.79 Å². The number of benzene rings is 1. The van der Waals surface area contributed by atoms with E-state index in [2.05, 4.69) is 27.2 Å². The first-order chi connectivity index (χ1) is 9.45. The van der Waals surface area contributed by atoms with Crippen molar-refractivity contribution in [3.05, 3.63) is 56.9 Å². The highest BCUT2D eigenvalue weighted by molar-refractivity contribution is 9.10. The highest BCUT2D eigenvalue weighted by Gasteiger charge is 2.23. The molecule has 1 atom stereocenters. The second kappa shape index (κ2) is 5.60. The van der Waals surface area contributed by atoms with Gasteiger partial charge in [0.05, 0.1) is 23.6 Å². The number of aliphatic hydroxyl groups is 1. The summed E-state index contributed by atoms with van der Waals surface area (Å²) in [4.78, 5) is 23.6. The molecule has 104 valence electrons. The van der Waals surface area contributed by atoms with Gasteiger partial charge in [-0.1, -0.05) is 22.5 Å². The van der Waals surface area contributed by atoms with Crippen molar-refractivity contribution >= 4 is 32.9 Å². The van der Waals surface area contributed by atoms with E-state index in [0.717, 1.165) is 6.26 Å². The summed E-state index contributed by atoms with van der Waals surface area (Å²) in [5, 5.41) is 10.3. The molecule has 0 bridgehead atoms. The lowest BCUT2D eigenvalue weighted by Crippen LogP contribution is -2.19. The Labute approximate surface area is 122 Å². The van der Waals surface area contributed by atoms with Crippen LogP contribution in [0.15, 0.2) is 50.3 Å². The summed E-state index contributed by atoms with van der Waals surface area (Å²) in [7, 11) is 1.17. The van der Waals surface area contributed by atoms with Crippen LogP contribution < -0.4 is 5.43 Å². The van der Waals surface area contributed by atoms with E-state index in [4.69, 9.17) is 4.42 Å². The fourth-order valence-electron chi connectivity index (χ4n) is 1.74. The third kappa shape index (κ3) is 2.52. The van der Waals surface area contributed by atoms with E-state index in [1.54, 1.807) is 18.2 Å². The van der Waals surface area contributed by atoms with Gasteiger partial charge in [0.1, 0.15) is 18.0 Å². The van der Waals surface area contributed by atoms with Gasteiger partial charge in [-0.05, 0) is 18.2 Å². The van der Waals surface area contributed by atoms with Gasteiger partial charge >= 0.3 is 5.97 Å². The van der Waals surface area contributed by atoms with E-state index in [0.29, 0.717) is 15.4 Å². The van der Waals surface area contributed by atoms with E-state index < -0.39 is 17.5 Å². The van der Waals surface area contributed by atoms with Crippen LogP contribution >= 0.6 is 15.9 Å². The molecule has 0 amide bonds. The molecule has 6 heteroatoms. The van der Waals surface area contributed by atoms with Gasteiger partial charge in [-0.15, -0.1) is 0 Å². The van der Waals surface area contributed by atoms with Crippen molar-refractivity contribution < 1.29 is 19.1 Å². The minimum atomic E-state index is -1.47. The van der Waals surface area contributed by atoms with Gasteiger partial charge in [-0.25, -0.2) is 4.79 Å². The number of esters is 1. The van der Waals surface area contributed by atoms with Crippen LogP contribution in [0.25, 0.3) is 11.0 Å². The summed E-state index contributed by atoms with van der Waals surface area (Å²) < 4.78 is 10.5. The fraction of sp³-hybridized carbons (Fsp3) is 0.143. The van der Waals surface area contributed by atoms with Crippen molar-refractivity contribution in [3.63, 3.8) is 0 Å². The maximum Gasteiger partial charge on any atom is 0.336 e. The van der Waals surface area contributed by atoms with E-state index in [9.17, 15) is 14.7 Å². The lowest BCUT2D eigenvalue weighted by Gasteiger charge is -2.11. The molecule has 0 saturated carbocycles. The van der Waals surface area contributed by atoms with Gasteiger partial charge in [0.25, 0.3) is 0 Å². The second-order valence-corrected chi connectivity index (χ2v) is 5.00. The number of carbonyl (C=O) groups is 1. The van der Waals surface area contributed by atoms with Crippen LogP contribution in [0.1, 0.15) is 11.7 Å². The standard InChI is InChI=1S/C14H11BrO5/c1-7(14(18)19-2)12(16)10-6-20-11-4-3-8(15)5-9(11)13(10)17/h3-6,12,16H,1H2,2H3. The van der Waals surface area contributed by atoms with Gasteiger partial charge in [0.15, 0.2) is 5.43 Å². The Morgan fingerprint density at radius 2 is 2.20 bits per heavy atom. The molecule has 0 fully saturated rings. The normalized spacial score (nSPS) is 12.2. The quantitative estimate of drug-likeness (QED) is 0.686. The zero-order valence-corrected chi connectivity index (χ0v) is 12.1. The minimum Gasteiger partial charge on any atom is -0.466 e. The monoisotopic (exact) mass is 338 g/mol. The van der Waals surface area contributed by atoms with Crippen molar-refractivity contribution in [1.29, 1.82) is 0 Å². The predicted octanol–water partition coefficient (Wildman–Crippen LogP) is 2.32. The van der Waals surface area contributed by atoms with Crippen molar-refractivity contribution in [2.45, 2.75) is 6.10 Å². The van der Waals surface area contributed by atoms with Crippen LogP contribution in [0.5, 0.6) is 0 Å². The molecule has 1 N–H and O–H groups in total. The average Bonchev–Trinajstić information content (AvgIpc) is 2.46. The molecule has 1 unspecified atom stereocenters. The van der Waals surface area contributed by atoms with Crippen molar-refractivity contribution in [2.75, 3.05) is 7.11 Å². The molecular weight excluding hydrogens is 328 g/mol. The van der Waals surface area contributed by atoms with Gasteiger partial charge < -0.3 is 14.3 Å². The molecule has 1 aromatic carbocycles. The minimum absolute atomic E-state index is 0.0639. The molecule has 1 aromatic heterocycles. The van der Waals surface area contributed by atoms with Crippen LogP contribution in [0.3, 0.4) is 0 Å². The van der Waals surface area contributed by atoms with Crippen molar-refractivity contribution in [1.82, 2.24) is 0 Å². The number of halogens is 1. The summed E-state index contributed by atoms with van der Waals surface area (Å²) in [6, 6.07) is 4.94. The number of hydrogen-bond donors (Lipinski definition) is 1. The molecule has 20 heavy (non-hydrogen) atoms. The first kappa shape index (κ1) is 14.5. The number of ether oxygens (including phenoxy) is 1. The van der Waals surface area contributed by atoms with E-state index >= 15 is 0 Å². The van der Waals surface area contributed by atoms with Crippen LogP contribution in [-0.2, 0) is 9.53 Å². The zero-order valence-electron chi connectivity index (χ0n) is 10.6. The number of aliphatic hydroxyl groups excluding tert-OH is 1.